The number of nitrogens with zero attached hydrogens (tertiary/aromatic N) is 1. The van der Waals surface area contributed by atoms with Crippen LogP contribution in [-0.2, 0) is 20.8 Å². The van der Waals surface area contributed by atoms with E-state index in [2.05, 4.69) is 10.1 Å². The molecule has 0 radical (unpaired) electrons. The van der Waals surface area contributed by atoms with Gasteiger partial charge >= 0.3 is 11.9 Å². The normalized spacial score (nSPS) is 10.0. The van der Waals surface area contributed by atoms with E-state index in [1.807, 2.05) is 0 Å². The quantitative estimate of drug-likeness (QED) is 0.444. The molecule has 0 fully saturated rings. The van der Waals surface area contributed by atoms with E-state index in [1.165, 1.54) is 6.26 Å². The van der Waals surface area contributed by atoms with E-state index in [0.29, 0.717) is 5.76 Å². The maximum atomic E-state index is 12.0. The van der Waals surface area contributed by atoms with Crippen LogP contribution in [0.3, 0.4) is 0 Å². The van der Waals surface area contributed by atoms with Gasteiger partial charge < -0.3 is 19.2 Å². The number of benzene rings is 1. The molecule has 0 atom stereocenters. The van der Waals surface area contributed by atoms with Crippen LogP contribution in [0.1, 0.15) is 26.5 Å². The summed E-state index contributed by atoms with van der Waals surface area (Å²) in [6.07, 6.45) is 1.45. The number of nitro benzene ring substituents is 1. The van der Waals surface area contributed by atoms with Crippen molar-refractivity contribution in [2.45, 2.75) is 6.54 Å². The molecule has 1 heterocycles. The lowest BCUT2D eigenvalue weighted by molar-refractivity contribution is -0.384. The number of nitrogens with one attached hydrogen (secondary N) is 1. The van der Waals surface area contributed by atoms with Gasteiger partial charge in [0.15, 0.2) is 6.61 Å². The van der Waals surface area contributed by atoms with Gasteiger partial charge in [0.25, 0.3) is 11.6 Å². The van der Waals surface area contributed by atoms with Gasteiger partial charge in [-0.2, -0.15) is 0 Å². The largest absolute Gasteiger partial charge is 0.467 e. The molecule has 10 heteroatoms. The first kappa shape index (κ1) is 18.6. The van der Waals surface area contributed by atoms with Gasteiger partial charge in [0.2, 0.25) is 0 Å². The van der Waals surface area contributed by atoms with E-state index in [0.717, 1.165) is 25.3 Å². The van der Waals surface area contributed by atoms with E-state index < -0.39 is 35.1 Å². The minimum Gasteiger partial charge on any atom is -0.467 e. The number of carbonyl (C=O) groups is 3. The molecule has 0 bridgehead atoms. The number of hydrogen-bond acceptors (Lipinski definition) is 8. The fraction of sp³-hybridized carbons (Fsp3) is 0.188. The van der Waals surface area contributed by atoms with Crippen LogP contribution in [0.25, 0.3) is 0 Å². The number of methoxy groups -OCH3 is 1. The van der Waals surface area contributed by atoms with E-state index in [1.54, 1.807) is 12.1 Å². The van der Waals surface area contributed by atoms with Gasteiger partial charge in [0.05, 0.1) is 36.0 Å². The van der Waals surface area contributed by atoms with E-state index in [-0.39, 0.29) is 17.7 Å². The van der Waals surface area contributed by atoms with Crippen LogP contribution in [0, 0.1) is 10.1 Å². The van der Waals surface area contributed by atoms with Crippen LogP contribution in [-0.4, -0.2) is 36.5 Å². The summed E-state index contributed by atoms with van der Waals surface area (Å²) in [5, 5.41) is 13.4. The number of nitro groups is 1. The van der Waals surface area contributed by atoms with Crippen molar-refractivity contribution in [1.82, 2.24) is 5.32 Å². The molecule has 1 N–H and O–H groups in total. The summed E-state index contributed by atoms with van der Waals surface area (Å²) in [5.41, 5.74) is -0.920. The molecule has 0 saturated heterocycles. The van der Waals surface area contributed by atoms with E-state index in [9.17, 15) is 24.5 Å². The molecule has 26 heavy (non-hydrogen) atoms. The number of ether oxygens (including phenoxy) is 2. The fourth-order valence-electron chi connectivity index (χ4n) is 1.93. The first-order valence-corrected chi connectivity index (χ1v) is 7.24. The summed E-state index contributed by atoms with van der Waals surface area (Å²) in [7, 11) is 1.10. The van der Waals surface area contributed by atoms with Crippen molar-refractivity contribution in [3.05, 3.63) is 63.6 Å². The zero-order valence-corrected chi connectivity index (χ0v) is 13.6. The Morgan fingerprint density at radius 2 is 1.88 bits per heavy atom. The summed E-state index contributed by atoms with van der Waals surface area (Å²) in [6.45, 7) is -0.484. The Morgan fingerprint density at radius 1 is 1.19 bits per heavy atom. The molecule has 1 amide bonds. The van der Waals surface area contributed by atoms with Gasteiger partial charge in [-0.25, -0.2) is 9.59 Å². The van der Waals surface area contributed by atoms with Crippen LogP contribution in [0.15, 0.2) is 41.0 Å². The third-order valence-electron chi connectivity index (χ3n) is 3.16. The second kappa shape index (κ2) is 8.42. The zero-order valence-electron chi connectivity index (χ0n) is 13.6. The molecule has 1 aromatic carbocycles. The summed E-state index contributed by atoms with van der Waals surface area (Å²) in [4.78, 5) is 45.4. The highest BCUT2D eigenvalue weighted by Gasteiger charge is 2.19. The number of rotatable bonds is 7. The Labute approximate surface area is 146 Å². The number of hydrogen-bond donors (Lipinski definition) is 1. The minimum absolute atomic E-state index is 0.118. The maximum Gasteiger partial charge on any atom is 0.338 e. The van der Waals surface area contributed by atoms with Gasteiger partial charge in [-0.3, -0.25) is 14.9 Å². The third-order valence-corrected chi connectivity index (χ3v) is 3.16. The predicted octanol–water partition coefficient (Wildman–Crippen LogP) is 1.45. The number of non-ortho nitro benzene ring substituents is 1. The highest BCUT2D eigenvalue weighted by molar-refractivity contribution is 5.97. The highest BCUT2D eigenvalue weighted by atomic mass is 16.6. The van der Waals surface area contributed by atoms with Crippen LogP contribution in [0.4, 0.5) is 5.69 Å². The standard InChI is InChI=1S/C16H14N2O8/c1-24-15(20)10-5-11(7-12(6-10)18(22)23)16(21)26-9-14(19)17-8-13-3-2-4-25-13/h2-7H,8-9H2,1H3,(H,17,19). The van der Waals surface area contributed by atoms with Crippen LogP contribution in [0.2, 0.25) is 0 Å². The van der Waals surface area contributed by atoms with Crippen LogP contribution < -0.4 is 5.32 Å². The van der Waals surface area contributed by atoms with Crippen molar-refractivity contribution in [3.63, 3.8) is 0 Å². The van der Waals surface area contributed by atoms with Crippen molar-refractivity contribution in [1.29, 1.82) is 0 Å². The molecule has 10 nitrogen and oxygen atoms in total. The molecule has 2 rings (SSSR count). The molecule has 2 aromatic rings. The van der Waals surface area contributed by atoms with Crippen molar-refractivity contribution in [2.75, 3.05) is 13.7 Å². The molecule has 1 aromatic heterocycles. The van der Waals surface area contributed by atoms with Gasteiger partial charge in [0.1, 0.15) is 5.76 Å². The lowest BCUT2D eigenvalue weighted by atomic mass is 10.1. The van der Waals surface area contributed by atoms with Gasteiger partial charge in [0, 0.05) is 12.1 Å². The third kappa shape index (κ3) is 4.90. The second-order valence-corrected chi connectivity index (χ2v) is 4.95. The highest BCUT2D eigenvalue weighted by Crippen LogP contribution is 2.19. The first-order chi connectivity index (χ1) is 12.4. The molecule has 0 saturated carbocycles. The number of esters is 2. The lowest BCUT2D eigenvalue weighted by Gasteiger charge is -2.07. The number of carbonyl (C=O) groups excluding carboxylic acids is 3. The summed E-state index contributed by atoms with van der Waals surface area (Å²) < 4.78 is 14.3. The van der Waals surface area contributed by atoms with Gasteiger partial charge in [-0.05, 0) is 18.2 Å². The van der Waals surface area contributed by atoms with Crippen LogP contribution in [0.5, 0.6) is 0 Å². The summed E-state index contributed by atoms with van der Waals surface area (Å²) >= 11 is 0. The lowest BCUT2D eigenvalue weighted by Crippen LogP contribution is -2.28. The molecule has 0 aliphatic heterocycles. The summed E-state index contributed by atoms with van der Waals surface area (Å²) in [5.74, 6) is -1.91. The Hall–Kier alpha value is -3.69. The Balaban J connectivity index is 2.01. The van der Waals surface area contributed by atoms with E-state index >= 15 is 0 Å². The molecule has 0 aliphatic rings. The monoisotopic (exact) mass is 362 g/mol. The molecule has 136 valence electrons. The fourth-order valence-corrected chi connectivity index (χ4v) is 1.93. The smallest absolute Gasteiger partial charge is 0.338 e. The topological polar surface area (TPSA) is 138 Å². The molecular formula is C16H14N2O8. The average Bonchev–Trinajstić information content (AvgIpc) is 3.16. The van der Waals surface area contributed by atoms with E-state index in [4.69, 9.17) is 9.15 Å². The maximum absolute atomic E-state index is 12.0. The molecular weight excluding hydrogens is 348 g/mol. The Kier molecular flexibility index (Phi) is 6.04. The molecule has 0 unspecified atom stereocenters. The zero-order chi connectivity index (χ0) is 19.1. The SMILES string of the molecule is COC(=O)c1cc(C(=O)OCC(=O)NCc2ccco2)cc([N+](=O)[O-])c1. The molecule has 0 aliphatic carbocycles. The van der Waals surface area contributed by atoms with Crippen molar-refractivity contribution in [3.8, 4) is 0 Å². The van der Waals surface area contributed by atoms with Crippen molar-refractivity contribution < 1.29 is 33.2 Å². The summed E-state index contributed by atoms with van der Waals surface area (Å²) in [6, 6.07) is 6.31. The van der Waals surface area contributed by atoms with Crippen molar-refractivity contribution >= 4 is 23.5 Å². The minimum atomic E-state index is -0.994. The Bertz CT molecular complexity index is 829. The second-order valence-electron chi connectivity index (χ2n) is 4.95. The van der Waals surface area contributed by atoms with Crippen LogP contribution >= 0.6 is 0 Å². The average molecular weight is 362 g/mol. The first-order valence-electron chi connectivity index (χ1n) is 7.24. The Morgan fingerprint density at radius 3 is 2.46 bits per heavy atom. The van der Waals surface area contributed by atoms with Crippen molar-refractivity contribution in [2.24, 2.45) is 0 Å². The van der Waals surface area contributed by atoms with Gasteiger partial charge in [-0.1, -0.05) is 0 Å². The predicted molar refractivity (Wildman–Crippen MR) is 85.3 cm³/mol. The number of furan rings is 1. The number of amides is 1. The van der Waals surface area contributed by atoms with Gasteiger partial charge in [-0.15, -0.1) is 0 Å². The molecule has 0 spiro atoms.